The Labute approximate surface area is 83.2 Å². The molecule has 78 valence electrons. The molecule has 0 saturated carbocycles. The Bertz CT molecular complexity index is 264. The van der Waals surface area contributed by atoms with Crippen LogP contribution in [0.4, 0.5) is 0 Å². The van der Waals surface area contributed by atoms with Crippen molar-refractivity contribution in [2.75, 3.05) is 6.54 Å². The second-order valence-corrected chi connectivity index (χ2v) is 4.74. The van der Waals surface area contributed by atoms with E-state index in [2.05, 4.69) is 0 Å². The molecular formula is C10H15NO3. The Morgan fingerprint density at radius 2 is 2.14 bits per heavy atom. The summed E-state index contributed by atoms with van der Waals surface area (Å²) >= 11 is 0. The zero-order chi connectivity index (χ0) is 10.3. The van der Waals surface area contributed by atoms with Crippen LogP contribution in [0.3, 0.4) is 0 Å². The molecule has 2 heterocycles. The van der Waals surface area contributed by atoms with Crippen molar-refractivity contribution in [1.29, 1.82) is 0 Å². The van der Waals surface area contributed by atoms with Crippen LogP contribution in [0, 0.1) is 5.92 Å². The summed E-state index contributed by atoms with van der Waals surface area (Å²) in [5, 5.41) is 0. The Kier molecular flexibility index (Phi) is 2.10. The molecule has 4 heteroatoms. The fourth-order valence-electron chi connectivity index (χ4n) is 2.63. The van der Waals surface area contributed by atoms with Crippen LogP contribution >= 0.6 is 0 Å². The molecule has 0 aliphatic carbocycles. The summed E-state index contributed by atoms with van der Waals surface area (Å²) in [6.45, 7) is 4.71. The van der Waals surface area contributed by atoms with Gasteiger partial charge in [-0.25, -0.2) is 0 Å². The van der Waals surface area contributed by atoms with E-state index in [-0.39, 0.29) is 17.7 Å². The minimum atomic E-state index is -0.376. The Hall–Kier alpha value is -0.900. The van der Waals surface area contributed by atoms with Gasteiger partial charge >= 0.3 is 0 Å². The highest BCUT2D eigenvalue weighted by atomic mass is 16.5. The quantitative estimate of drug-likeness (QED) is 0.594. The van der Waals surface area contributed by atoms with Crippen LogP contribution in [0.25, 0.3) is 0 Å². The van der Waals surface area contributed by atoms with Crippen molar-refractivity contribution >= 4 is 12.7 Å². The zero-order valence-corrected chi connectivity index (χ0v) is 8.47. The molecule has 1 amide bonds. The topological polar surface area (TPSA) is 46.6 Å². The molecule has 0 aromatic rings. The summed E-state index contributed by atoms with van der Waals surface area (Å²) in [6, 6.07) is -0.376. The molecule has 0 radical (unpaired) electrons. The minimum absolute atomic E-state index is 0.0901. The number of hydrogen-bond acceptors (Lipinski definition) is 3. The molecule has 2 aliphatic rings. The maximum Gasteiger partial charge on any atom is 0.210 e. The average Bonchev–Trinajstić information content (AvgIpc) is 2.55. The Balaban J connectivity index is 2.17. The number of amides is 1. The van der Waals surface area contributed by atoms with Crippen LogP contribution in [-0.4, -0.2) is 41.9 Å². The predicted octanol–water partition coefficient (Wildman–Crippen LogP) is 0.210. The van der Waals surface area contributed by atoms with Gasteiger partial charge in [-0.05, 0) is 20.3 Å². The van der Waals surface area contributed by atoms with E-state index in [4.69, 9.17) is 4.74 Å². The fraction of sp³-hybridized carbons (Fsp3) is 0.800. The van der Waals surface area contributed by atoms with Gasteiger partial charge in [-0.3, -0.25) is 4.79 Å². The summed E-state index contributed by atoms with van der Waals surface area (Å²) in [4.78, 5) is 23.1. The van der Waals surface area contributed by atoms with E-state index in [1.54, 1.807) is 0 Å². The first-order chi connectivity index (χ1) is 6.57. The SMILES string of the molecule is CC1(C)CC2CN(C=O)C(C=O)C2O1. The highest BCUT2D eigenvalue weighted by Crippen LogP contribution is 2.41. The minimum Gasteiger partial charge on any atom is -0.369 e. The van der Waals surface area contributed by atoms with Crippen molar-refractivity contribution in [2.45, 2.75) is 38.0 Å². The molecule has 2 aliphatic heterocycles. The molecule has 3 unspecified atom stereocenters. The molecule has 0 aromatic heterocycles. The molecule has 0 bridgehead atoms. The summed E-state index contributed by atoms with van der Waals surface area (Å²) in [5.41, 5.74) is -0.147. The fourth-order valence-corrected chi connectivity index (χ4v) is 2.63. The first kappa shape index (κ1) is 9.65. The summed E-state index contributed by atoms with van der Waals surface area (Å²) < 4.78 is 5.78. The van der Waals surface area contributed by atoms with Gasteiger partial charge in [0.05, 0.1) is 11.7 Å². The van der Waals surface area contributed by atoms with Gasteiger partial charge in [0.1, 0.15) is 12.3 Å². The molecule has 0 aromatic carbocycles. The predicted molar refractivity (Wildman–Crippen MR) is 49.7 cm³/mol. The van der Waals surface area contributed by atoms with E-state index in [0.29, 0.717) is 12.5 Å². The van der Waals surface area contributed by atoms with Crippen molar-refractivity contribution in [3.8, 4) is 0 Å². The number of fused-ring (bicyclic) bond motifs is 1. The maximum absolute atomic E-state index is 10.8. The lowest BCUT2D eigenvalue weighted by atomic mass is 9.95. The Morgan fingerprint density at radius 3 is 2.71 bits per heavy atom. The van der Waals surface area contributed by atoms with E-state index in [1.807, 2.05) is 13.8 Å². The lowest BCUT2D eigenvalue weighted by Crippen LogP contribution is -2.38. The van der Waals surface area contributed by atoms with E-state index in [0.717, 1.165) is 19.1 Å². The molecule has 2 rings (SSSR count). The van der Waals surface area contributed by atoms with Gasteiger partial charge in [0.2, 0.25) is 6.41 Å². The average molecular weight is 197 g/mol. The number of carbonyl (C=O) groups excluding carboxylic acids is 2. The normalized spacial score (nSPS) is 39.6. The first-order valence-corrected chi connectivity index (χ1v) is 4.91. The summed E-state index contributed by atoms with van der Waals surface area (Å²) in [5.74, 6) is 0.324. The van der Waals surface area contributed by atoms with Gasteiger partial charge in [-0.15, -0.1) is 0 Å². The summed E-state index contributed by atoms with van der Waals surface area (Å²) in [7, 11) is 0. The number of aldehydes is 1. The molecule has 0 N–H and O–H groups in total. The zero-order valence-electron chi connectivity index (χ0n) is 8.47. The first-order valence-electron chi connectivity index (χ1n) is 4.91. The third-order valence-electron chi connectivity index (χ3n) is 3.11. The third-order valence-corrected chi connectivity index (χ3v) is 3.11. The van der Waals surface area contributed by atoms with Crippen molar-refractivity contribution < 1.29 is 14.3 Å². The Morgan fingerprint density at radius 1 is 1.43 bits per heavy atom. The number of hydrogen-bond donors (Lipinski definition) is 0. The van der Waals surface area contributed by atoms with Gasteiger partial charge in [0, 0.05) is 12.5 Å². The van der Waals surface area contributed by atoms with Crippen molar-refractivity contribution in [3.63, 3.8) is 0 Å². The van der Waals surface area contributed by atoms with Crippen LogP contribution in [0.2, 0.25) is 0 Å². The summed E-state index contributed by atoms with van der Waals surface area (Å²) in [6.07, 6.45) is 2.40. The molecule has 2 saturated heterocycles. The van der Waals surface area contributed by atoms with Crippen LogP contribution in [0.5, 0.6) is 0 Å². The molecule has 14 heavy (non-hydrogen) atoms. The maximum atomic E-state index is 10.8. The molecule has 3 atom stereocenters. The van der Waals surface area contributed by atoms with Crippen molar-refractivity contribution in [1.82, 2.24) is 4.90 Å². The standard InChI is InChI=1S/C10H15NO3/c1-10(2)3-7-4-11(6-13)8(5-12)9(7)14-10/h5-9H,3-4H2,1-2H3. The number of carbonyl (C=O) groups is 2. The van der Waals surface area contributed by atoms with E-state index >= 15 is 0 Å². The van der Waals surface area contributed by atoms with Crippen LogP contribution in [-0.2, 0) is 14.3 Å². The third kappa shape index (κ3) is 1.34. The number of likely N-dealkylation sites (tertiary alicyclic amines) is 1. The van der Waals surface area contributed by atoms with E-state index < -0.39 is 0 Å². The van der Waals surface area contributed by atoms with Gasteiger partial charge in [0.15, 0.2) is 0 Å². The second kappa shape index (κ2) is 3.05. The van der Waals surface area contributed by atoms with Gasteiger partial charge in [-0.2, -0.15) is 0 Å². The number of nitrogens with zero attached hydrogens (tertiary/aromatic N) is 1. The largest absolute Gasteiger partial charge is 0.369 e. The molecule has 2 fully saturated rings. The molecule has 4 nitrogen and oxygen atoms in total. The van der Waals surface area contributed by atoms with Crippen molar-refractivity contribution in [3.05, 3.63) is 0 Å². The van der Waals surface area contributed by atoms with E-state index in [9.17, 15) is 9.59 Å². The molecule has 0 spiro atoms. The van der Waals surface area contributed by atoms with Gasteiger partial charge in [0.25, 0.3) is 0 Å². The van der Waals surface area contributed by atoms with Gasteiger partial charge < -0.3 is 14.4 Å². The van der Waals surface area contributed by atoms with Gasteiger partial charge in [-0.1, -0.05) is 0 Å². The monoisotopic (exact) mass is 197 g/mol. The van der Waals surface area contributed by atoms with Crippen LogP contribution < -0.4 is 0 Å². The van der Waals surface area contributed by atoms with E-state index in [1.165, 1.54) is 4.90 Å². The molecular weight excluding hydrogens is 182 g/mol. The number of ether oxygens (including phenoxy) is 1. The van der Waals surface area contributed by atoms with Crippen molar-refractivity contribution in [2.24, 2.45) is 5.92 Å². The lowest BCUT2D eigenvalue weighted by molar-refractivity contribution is -0.128. The lowest BCUT2D eigenvalue weighted by Gasteiger charge is -2.24. The van der Waals surface area contributed by atoms with Crippen LogP contribution in [0.1, 0.15) is 20.3 Å². The smallest absolute Gasteiger partial charge is 0.210 e. The number of rotatable bonds is 2. The highest BCUT2D eigenvalue weighted by Gasteiger charge is 2.50. The second-order valence-electron chi connectivity index (χ2n) is 4.74. The highest BCUT2D eigenvalue weighted by molar-refractivity contribution is 5.66. The van der Waals surface area contributed by atoms with Crippen LogP contribution in [0.15, 0.2) is 0 Å².